The minimum atomic E-state index is -0.480. The first-order chi connectivity index (χ1) is 10.4. The molecule has 2 rings (SSSR count). The Hall–Kier alpha value is -1.89. The topological polar surface area (TPSA) is 70.6 Å². The van der Waals surface area contributed by atoms with Gasteiger partial charge in [-0.25, -0.2) is 4.39 Å². The zero-order valence-corrected chi connectivity index (χ0v) is 13.2. The van der Waals surface area contributed by atoms with Crippen molar-refractivity contribution in [3.05, 3.63) is 30.1 Å². The Morgan fingerprint density at radius 1 is 1.41 bits per heavy atom. The summed E-state index contributed by atoms with van der Waals surface area (Å²) in [6.07, 6.45) is 0.0502. The SMILES string of the molecule is CC(C)CN=C1NC(=O)[C@H](CC(=O)Nc2ccc(F)cc2)S1. The van der Waals surface area contributed by atoms with E-state index in [0.29, 0.717) is 23.3 Å². The number of aliphatic imine (C=N–C) groups is 1. The number of anilines is 1. The minimum Gasteiger partial charge on any atom is -0.326 e. The summed E-state index contributed by atoms with van der Waals surface area (Å²) >= 11 is 1.27. The molecule has 0 saturated carbocycles. The molecule has 5 nitrogen and oxygen atoms in total. The molecule has 22 heavy (non-hydrogen) atoms. The van der Waals surface area contributed by atoms with Crippen molar-refractivity contribution in [3.8, 4) is 0 Å². The molecule has 1 aliphatic rings. The van der Waals surface area contributed by atoms with Crippen LogP contribution in [0.4, 0.5) is 10.1 Å². The van der Waals surface area contributed by atoms with Gasteiger partial charge in [0.2, 0.25) is 11.8 Å². The van der Waals surface area contributed by atoms with Gasteiger partial charge >= 0.3 is 0 Å². The maximum atomic E-state index is 12.8. The summed E-state index contributed by atoms with van der Waals surface area (Å²) in [4.78, 5) is 28.1. The molecule has 0 unspecified atom stereocenters. The van der Waals surface area contributed by atoms with Gasteiger partial charge in [-0.3, -0.25) is 14.6 Å². The van der Waals surface area contributed by atoms with Crippen LogP contribution in [0.25, 0.3) is 0 Å². The second-order valence-electron chi connectivity index (χ2n) is 5.39. The van der Waals surface area contributed by atoms with Crippen LogP contribution in [-0.4, -0.2) is 28.8 Å². The average molecular weight is 323 g/mol. The number of amidine groups is 1. The van der Waals surface area contributed by atoms with Crippen LogP contribution in [-0.2, 0) is 9.59 Å². The van der Waals surface area contributed by atoms with E-state index < -0.39 is 5.25 Å². The van der Waals surface area contributed by atoms with E-state index in [4.69, 9.17) is 0 Å². The van der Waals surface area contributed by atoms with E-state index in [1.165, 1.54) is 36.0 Å². The molecule has 118 valence electrons. The van der Waals surface area contributed by atoms with Crippen LogP contribution >= 0.6 is 11.8 Å². The van der Waals surface area contributed by atoms with Crippen LogP contribution in [0.3, 0.4) is 0 Å². The van der Waals surface area contributed by atoms with E-state index in [-0.39, 0.29) is 24.1 Å². The highest BCUT2D eigenvalue weighted by Crippen LogP contribution is 2.23. The van der Waals surface area contributed by atoms with Crippen molar-refractivity contribution in [2.24, 2.45) is 10.9 Å². The van der Waals surface area contributed by atoms with Crippen LogP contribution in [0.15, 0.2) is 29.3 Å². The number of halogens is 1. The molecular formula is C15H18FN3O2S. The van der Waals surface area contributed by atoms with Gasteiger partial charge in [-0.1, -0.05) is 25.6 Å². The van der Waals surface area contributed by atoms with Crippen LogP contribution in [0.1, 0.15) is 20.3 Å². The van der Waals surface area contributed by atoms with Gasteiger partial charge in [0, 0.05) is 18.7 Å². The Balaban J connectivity index is 1.87. The highest BCUT2D eigenvalue weighted by Gasteiger charge is 2.31. The monoisotopic (exact) mass is 323 g/mol. The lowest BCUT2D eigenvalue weighted by Gasteiger charge is -2.07. The molecular weight excluding hydrogens is 305 g/mol. The van der Waals surface area contributed by atoms with Gasteiger partial charge < -0.3 is 10.6 Å². The Bertz CT molecular complexity index is 587. The smallest absolute Gasteiger partial charge is 0.240 e. The summed E-state index contributed by atoms with van der Waals surface area (Å²) in [5, 5.41) is 5.41. The number of carbonyl (C=O) groups excluding carboxylic acids is 2. The van der Waals surface area contributed by atoms with E-state index in [0.717, 1.165) is 0 Å². The second-order valence-corrected chi connectivity index (χ2v) is 6.59. The molecule has 7 heteroatoms. The molecule has 1 aliphatic heterocycles. The van der Waals surface area contributed by atoms with Crippen LogP contribution < -0.4 is 10.6 Å². The highest BCUT2D eigenvalue weighted by molar-refractivity contribution is 8.15. The lowest BCUT2D eigenvalue weighted by molar-refractivity contribution is -0.122. The number of thioether (sulfide) groups is 1. The van der Waals surface area contributed by atoms with Gasteiger partial charge in [0.15, 0.2) is 5.17 Å². The molecule has 0 radical (unpaired) electrons. The zero-order chi connectivity index (χ0) is 16.1. The van der Waals surface area contributed by atoms with E-state index in [9.17, 15) is 14.0 Å². The van der Waals surface area contributed by atoms with Crippen molar-refractivity contribution < 1.29 is 14.0 Å². The number of carbonyl (C=O) groups is 2. The zero-order valence-electron chi connectivity index (χ0n) is 12.4. The summed E-state index contributed by atoms with van der Waals surface area (Å²) in [5.74, 6) is -0.452. The first kappa shape index (κ1) is 16.5. The van der Waals surface area contributed by atoms with Crippen molar-refractivity contribution in [2.45, 2.75) is 25.5 Å². The number of rotatable bonds is 5. The van der Waals surface area contributed by atoms with Crippen molar-refractivity contribution in [2.75, 3.05) is 11.9 Å². The van der Waals surface area contributed by atoms with Gasteiger partial charge in [0.25, 0.3) is 0 Å². The predicted octanol–water partition coefficient (Wildman–Crippen LogP) is 2.40. The third kappa shape index (κ3) is 4.84. The second kappa shape index (κ2) is 7.40. The summed E-state index contributed by atoms with van der Waals surface area (Å²) in [5.41, 5.74) is 0.503. The molecule has 1 fully saturated rings. The van der Waals surface area contributed by atoms with E-state index in [1.54, 1.807) is 0 Å². The molecule has 1 saturated heterocycles. The van der Waals surface area contributed by atoms with Gasteiger partial charge in [-0.15, -0.1) is 0 Å². The van der Waals surface area contributed by atoms with Gasteiger partial charge in [0.1, 0.15) is 11.1 Å². The van der Waals surface area contributed by atoms with Crippen molar-refractivity contribution >= 4 is 34.4 Å². The maximum Gasteiger partial charge on any atom is 0.240 e. The van der Waals surface area contributed by atoms with Crippen molar-refractivity contribution in [1.29, 1.82) is 0 Å². The lowest BCUT2D eigenvalue weighted by Crippen LogP contribution is -2.28. The lowest BCUT2D eigenvalue weighted by atomic mass is 10.2. The first-order valence-electron chi connectivity index (χ1n) is 7.01. The number of nitrogens with one attached hydrogen (secondary N) is 2. The first-order valence-corrected chi connectivity index (χ1v) is 7.89. The van der Waals surface area contributed by atoms with Crippen LogP contribution in [0.5, 0.6) is 0 Å². The molecule has 0 bridgehead atoms. The largest absolute Gasteiger partial charge is 0.326 e. The standard InChI is InChI=1S/C15H18FN3O2S/c1-9(2)8-17-15-19-14(21)12(22-15)7-13(20)18-11-5-3-10(16)4-6-11/h3-6,9,12H,7-8H2,1-2H3,(H,18,20)(H,17,19,21)/t12-/m0/s1. The number of amides is 2. The molecule has 0 aromatic heterocycles. The number of hydrogen-bond donors (Lipinski definition) is 2. The Morgan fingerprint density at radius 2 is 2.09 bits per heavy atom. The van der Waals surface area contributed by atoms with E-state index >= 15 is 0 Å². The molecule has 1 aromatic carbocycles. The third-order valence-corrected chi connectivity index (χ3v) is 3.99. The average Bonchev–Trinajstić information content (AvgIpc) is 2.79. The maximum absolute atomic E-state index is 12.8. The summed E-state index contributed by atoms with van der Waals surface area (Å²) in [6, 6.07) is 5.49. The van der Waals surface area contributed by atoms with Crippen LogP contribution in [0, 0.1) is 11.7 Å². The van der Waals surface area contributed by atoms with E-state index in [2.05, 4.69) is 15.6 Å². The summed E-state index contributed by atoms with van der Waals surface area (Å²) in [6.45, 7) is 4.72. The fourth-order valence-electron chi connectivity index (χ4n) is 1.79. The Kier molecular flexibility index (Phi) is 5.54. The molecule has 1 aromatic rings. The highest BCUT2D eigenvalue weighted by atomic mass is 32.2. The van der Waals surface area contributed by atoms with Crippen molar-refractivity contribution in [1.82, 2.24) is 5.32 Å². The van der Waals surface area contributed by atoms with Gasteiger partial charge in [-0.2, -0.15) is 0 Å². The van der Waals surface area contributed by atoms with Gasteiger partial charge in [-0.05, 0) is 30.2 Å². The third-order valence-electron chi connectivity index (χ3n) is 2.88. The number of hydrogen-bond acceptors (Lipinski definition) is 4. The Labute approximate surface area is 132 Å². The summed E-state index contributed by atoms with van der Waals surface area (Å²) < 4.78 is 12.8. The molecule has 0 aliphatic carbocycles. The fraction of sp³-hybridized carbons (Fsp3) is 0.400. The molecule has 2 N–H and O–H groups in total. The summed E-state index contributed by atoms with van der Waals surface area (Å²) in [7, 11) is 0. The van der Waals surface area contributed by atoms with Crippen molar-refractivity contribution in [3.63, 3.8) is 0 Å². The quantitative estimate of drug-likeness (QED) is 0.874. The van der Waals surface area contributed by atoms with Gasteiger partial charge in [0.05, 0.1) is 0 Å². The van der Waals surface area contributed by atoms with E-state index in [1.807, 2.05) is 13.8 Å². The number of nitrogens with zero attached hydrogens (tertiary/aromatic N) is 1. The molecule has 1 atom stereocenters. The normalized spacial score (nSPS) is 19.5. The molecule has 2 amide bonds. The minimum absolute atomic E-state index is 0.0502. The predicted molar refractivity (Wildman–Crippen MR) is 86.3 cm³/mol. The fourth-order valence-corrected chi connectivity index (χ4v) is 2.77. The molecule has 0 spiro atoms. The van der Waals surface area contributed by atoms with Crippen LogP contribution in [0.2, 0.25) is 0 Å². The molecule has 1 heterocycles. The Morgan fingerprint density at radius 3 is 2.73 bits per heavy atom. The number of benzene rings is 1.